The minimum absolute atomic E-state index is 0.307. The number of anilines is 1. The van der Waals surface area contributed by atoms with Crippen LogP contribution >= 0.6 is 0 Å². The van der Waals surface area contributed by atoms with E-state index in [1.54, 1.807) is 6.20 Å². The molecule has 0 aliphatic rings. The molecule has 1 heterocycles. The molecule has 0 radical (unpaired) electrons. The molecule has 118 valence electrons. The molecule has 2 aromatic rings. The molecule has 2 rings (SSSR count). The Balaban J connectivity index is 2.80. The Morgan fingerprint density at radius 2 is 1.86 bits per heavy atom. The van der Waals surface area contributed by atoms with Gasteiger partial charge in [0.15, 0.2) is 0 Å². The summed E-state index contributed by atoms with van der Waals surface area (Å²) in [6.07, 6.45) is 1.65. The van der Waals surface area contributed by atoms with Crippen LogP contribution < -0.4 is 4.90 Å². The van der Waals surface area contributed by atoms with Gasteiger partial charge in [-0.05, 0) is 51.8 Å². The summed E-state index contributed by atoms with van der Waals surface area (Å²) in [6.45, 7) is 12.1. The number of ether oxygens (including phenoxy) is 1. The number of rotatable bonds is 5. The van der Waals surface area contributed by atoms with Gasteiger partial charge in [-0.2, -0.15) is 0 Å². The first kappa shape index (κ1) is 16.3. The summed E-state index contributed by atoms with van der Waals surface area (Å²) >= 11 is 0. The molecule has 4 nitrogen and oxygen atoms in total. The summed E-state index contributed by atoms with van der Waals surface area (Å²) in [4.78, 5) is 19.0. The van der Waals surface area contributed by atoms with Crippen LogP contribution in [0, 0.1) is 13.8 Å². The van der Waals surface area contributed by atoms with Crippen molar-refractivity contribution in [2.75, 3.05) is 24.6 Å². The van der Waals surface area contributed by atoms with Gasteiger partial charge in [0.25, 0.3) is 0 Å². The summed E-state index contributed by atoms with van der Waals surface area (Å²) in [5.74, 6) is -0.307. The van der Waals surface area contributed by atoms with Gasteiger partial charge < -0.3 is 9.64 Å². The first-order chi connectivity index (χ1) is 10.5. The molecule has 22 heavy (non-hydrogen) atoms. The number of benzene rings is 1. The van der Waals surface area contributed by atoms with E-state index in [2.05, 4.69) is 49.7 Å². The number of pyridine rings is 1. The molecule has 1 aromatic carbocycles. The third-order valence-corrected chi connectivity index (χ3v) is 3.86. The number of carbonyl (C=O) groups excluding carboxylic acids is 1. The summed E-state index contributed by atoms with van der Waals surface area (Å²) in [7, 11) is 0. The van der Waals surface area contributed by atoms with E-state index in [-0.39, 0.29) is 5.97 Å². The van der Waals surface area contributed by atoms with Crippen molar-refractivity contribution in [3.05, 3.63) is 35.0 Å². The molecule has 0 fully saturated rings. The second-order valence-electron chi connectivity index (χ2n) is 5.39. The number of hydrogen-bond acceptors (Lipinski definition) is 4. The van der Waals surface area contributed by atoms with Crippen LogP contribution in [0.3, 0.4) is 0 Å². The topological polar surface area (TPSA) is 42.4 Å². The Morgan fingerprint density at radius 1 is 1.18 bits per heavy atom. The van der Waals surface area contributed by atoms with Crippen LogP contribution in [-0.4, -0.2) is 30.6 Å². The van der Waals surface area contributed by atoms with E-state index < -0.39 is 0 Å². The van der Waals surface area contributed by atoms with Gasteiger partial charge in [-0.3, -0.25) is 4.98 Å². The van der Waals surface area contributed by atoms with E-state index in [0.29, 0.717) is 12.2 Å². The number of fused-ring (bicyclic) bond motifs is 1. The smallest absolute Gasteiger partial charge is 0.341 e. The molecule has 0 atom stereocenters. The standard InChI is InChI=1S/C18H24N2O2/c1-6-20(7-2)17-14(18(21)22-8-3)11-19-15-10-12(4)9-13(5)16(15)17/h9-11H,6-8H2,1-5H3. The molecule has 0 spiro atoms. The number of aryl methyl sites for hydroxylation is 2. The highest BCUT2D eigenvalue weighted by atomic mass is 16.5. The lowest BCUT2D eigenvalue weighted by atomic mass is 10.0. The quantitative estimate of drug-likeness (QED) is 0.786. The minimum Gasteiger partial charge on any atom is -0.462 e. The fourth-order valence-corrected chi connectivity index (χ4v) is 2.91. The third kappa shape index (κ3) is 2.91. The van der Waals surface area contributed by atoms with Crippen LogP contribution in [0.4, 0.5) is 5.69 Å². The number of aromatic nitrogens is 1. The van der Waals surface area contributed by atoms with Crippen LogP contribution in [0.25, 0.3) is 10.9 Å². The Morgan fingerprint density at radius 3 is 2.45 bits per heavy atom. The maximum atomic E-state index is 12.3. The van der Waals surface area contributed by atoms with E-state index in [4.69, 9.17) is 4.74 Å². The molecule has 0 saturated heterocycles. The highest BCUT2D eigenvalue weighted by molar-refractivity contribution is 6.06. The molecular formula is C18H24N2O2. The van der Waals surface area contributed by atoms with Crippen LogP contribution in [0.1, 0.15) is 42.3 Å². The molecule has 4 heteroatoms. The molecule has 0 N–H and O–H groups in total. The van der Waals surface area contributed by atoms with E-state index in [9.17, 15) is 4.79 Å². The van der Waals surface area contributed by atoms with E-state index in [1.807, 2.05) is 6.92 Å². The van der Waals surface area contributed by atoms with E-state index >= 15 is 0 Å². The summed E-state index contributed by atoms with van der Waals surface area (Å²) in [5, 5.41) is 1.04. The average Bonchev–Trinajstić information content (AvgIpc) is 2.48. The maximum absolute atomic E-state index is 12.3. The Hall–Kier alpha value is -2.10. The molecule has 0 amide bonds. The minimum atomic E-state index is -0.307. The van der Waals surface area contributed by atoms with Crippen molar-refractivity contribution in [3.63, 3.8) is 0 Å². The first-order valence-electron chi connectivity index (χ1n) is 7.85. The van der Waals surface area contributed by atoms with Crippen molar-refractivity contribution in [1.82, 2.24) is 4.98 Å². The summed E-state index contributed by atoms with van der Waals surface area (Å²) in [6, 6.07) is 4.19. The van der Waals surface area contributed by atoms with Crippen LogP contribution in [-0.2, 0) is 4.74 Å². The lowest BCUT2D eigenvalue weighted by Crippen LogP contribution is -2.25. The lowest BCUT2D eigenvalue weighted by molar-refractivity contribution is 0.0527. The SMILES string of the molecule is CCOC(=O)c1cnc2cc(C)cc(C)c2c1N(CC)CC. The van der Waals surface area contributed by atoms with Gasteiger partial charge in [-0.15, -0.1) is 0 Å². The summed E-state index contributed by atoms with van der Waals surface area (Å²) in [5.41, 5.74) is 4.71. The predicted molar refractivity (Wildman–Crippen MR) is 90.7 cm³/mol. The van der Waals surface area contributed by atoms with Gasteiger partial charge in [0, 0.05) is 24.7 Å². The van der Waals surface area contributed by atoms with Gasteiger partial charge in [0.05, 0.1) is 17.8 Å². The Kier molecular flexibility index (Phi) is 5.01. The van der Waals surface area contributed by atoms with E-state index in [1.165, 1.54) is 5.56 Å². The Labute approximate surface area is 132 Å². The molecule has 0 bridgehead atoms. The van der Waals surface area contributed by atoms with Crippen LogP contribution in [0.5, 0.6) is 0 Å². The van der Waals surface area contributed by atoms with Gasteiger partial charge >= 0.3 is 5.97 Å². The molecular weight excluding hydrogens is 276 g/mol. The zero-order valence-corrected chi connectivity index (χ0v) is 14.1. The van der Waals surface area contributed by atoms with Gasteiger partial charge in [0.2, 0.25) is 0 Å². The Bertz CT molecular complexity index is 691. The van der Waals surface area contributed by atoms with Crippen molar-refractivity contribution >= 4 is 22.6 Å². The van der Waals surface area contributed by atoms with Crippen molar-refractivity contribution in [2.24, 2.45) is 0 Å². The molecule has 0 saturated carbocycles. The third-order valence-electron chi connectivity index (χ3n) is 3.86. The number of nitrogens with zero attached hydrogens (tertiary/aromatic N) is 2. The highest BCUT2D eigenvalue weighted by Crippen LogP contribution is 2.33. The number of esters is 1. The van der Waals surface area contributed by atoms with Crippen LogP contribution in [0.2, 0.25) is 0 Å². The fourth-order valence-electron chi connectivity index (χ4n) is 2.91. The zero-order valence-electron chi connectivity index (χ0n) is 14.1. The van der Waals surface area contributed by atoms with Crippen molar-refractivity contribution in [1.29, 1.82) is 0 Å². The predicted octanol–water partition coefficient (Wildman–Crippen LogP) is 3.87. The van der Waals surface area contributed by atoms with Gasteiger partial charge in [0.1, 0.15) is 5.56 Å². The summed E-state index contributed by atoms with van der Waals surface area (Å²) < 4.78 is 5.21. The number of carbonyl (C=O) groups is 1. The van der Waals surface area contributed by atoms with Gasteiger partial charge in [-0.1, -0.05) is 6.07 Å². The fraction of sp³-hybridized carbons (Fsp3) is 0.444. The molecule has 0 aliphatic carbocycles. The maximum Gasteiger partial charge on any atom is 0.341 e. The monoisotopic (exact) mass is 300 g/mol. The van der Waals surface area contributed by atoms with Crippen LogP contribution in [0.15, 0.2) is 18.3 Å². The normalized spacial score (nSPS) is 10.8. The lowest BCUT2D eigenvalue weighted by Gasteiger charge is -2.26. The first-order valence-corrected chi connectivity index (χ1v) is 7.85. The average molecular weight is 300 g/mol. The van der Waals surface area contributed by atoms with Crippen molar-refractivity contribution < 1.29 is 9.53 Å². The highest BCUT2D eigenvalue weighted by Gasteiger charge is 2.21. The van der Waals surface area contributed by atoms with Gasteiger partial charge in [-0.25, -0.2) is 4.79 Å². The molecule has 0 unspecified atom stereocenters. The molecule has 1 aromatic heterocycles. The van der Waals surface area contributed by atoms with Crippen molar-refractivity contribution in [2.45, 2.75) is 34.6 Å². The van der Waals surface area contributed by atoms with E-state index in [0.717, 1.165) is 35.2 Å². The molecule has 0 aliphatic heterocycles. The zero-order chi connectivity index (χ0) is 16.3. The second-order valence-corrected chi connectivity index (χ2v) is 5.39. The number of hydrogen-bond donors (Lipinski definition) is 0. The second kappa shape index (κ2) is 6.77. The van der Waals surface area contributed by atoms with Crippen molar-refractivity contribution in [3.8, 4) is 0 Å². The largest absolute Gasteiger partial charge is 0.462 e.